The first-order valence-corrected chi connectivity index (χ1v) is 7.90. The van der Waals surface area contributed by atoms with Gasteiger partial charge in [-0.3, -0.25) is 4.79 Å². The summed E-state index contributed by atoms with van der Waals surface area (Å²) in [5.41, 5.74) is 2.19. The van der Waals surface area contributed by atoms with Crippen LogP contribution >= 0.6 is 11.8 Å². The Bertz CT molecular complexity index is 399. The number of hydrogen-bond donors (Lipinski definition) is 1. The van der Waals surface area contributed by atoms with E-state index in [-0.39, 0.29) is 5.91 Å². The molecule has 1 N–H and O–H groups in total. The van der Waals surface area contributed by atoms with E-state index in [1.54, 1.807) is 0 Å². The Morgan fingerprint density at radius 1 is 1.33 bits per heavy atom. The normalized spacial score (nSPS) is 16.5. The second-order valence-corrected chi connectivity index (χ2v) is 6.04. The largest absolute Gasteiger partial charge is 0.326 e. The maximum atomic E-state index is 12.0. The maximum Gasteiger partial charge on any atom is 0.224 e. The van der Waals surface area contributed by atoms with Crippen LogP contribution in [0.1, 0.15) is 31.7 Å². The molecular formula is C15H21NOS. The van der Waals surface area contributed by atoms with Crippen molar-refractivity contribution >= 4 is 23.4 Å². The van der Waals surface area contributed by atoms with E-state index >= 15 is 0 Å². The summed E-state index contributed by atoms with van der Waals surface area (Å²) in [7, 11) is 0. The maximum absolute atomic E-state index is 12.0. The number of thioether (sulfide) groups is 1. The molecule has 1 amide bonds. The standard InChI is InChI=1S/C15H21NOS/c1-2-13-5-3-4-6-14(13)16-15(17)11-12-7-9-18-10-8-12/h3-6,12H,2,7-11H2,1H3,(H,16,17). The van der Waals surface area contributed by atoms with Gasteiger partial charge in [0, 0.05) is 12.1 Å². The molecule has 0 aromatic heterocycles. The van der Waals surface area contributed by atoms with E-state index in [1.807, 2.05) is 30.0 Å². The Morgan fingerprint density at radius 3 is 2.78 bits per heavy atom. The molecule has 0 aliphatic carbocycles. The van der Waals surface area contributed by atoms with Gasteiger partial charge in [-0.15, -0.1) is 0 Å². The van der Waals surface area contributed by atoms with E-state index in [1.165, 1.54) is 29.9 Å². The average Bonchev–Trinajstić information content (AvgIpc) is 2.40. The molecular weight excluding hydrogens is 242 g/mol. The summed E-state index contributed by atoms with van der Waals surface area (Å²) in [6.07, 6.45) is 4.01. The Balaban J connectivity index is 1.90. The van der Waals surface area contributed by atoms with Crippen LogP contribution in [0.5, 0.6) is 0 Å². The fourth-order valence-corrected chi connectivity index (χ4v) is 3.57. The van der Waals surface area contributed by atoms with Crippen molar-refractivity contribution in [1.82, 2.24) is 0 Å². The molecule has 1 heterocycles. The van der Waals surface area contributed by atoms with Crippen LogP contribution in [0.4, 0.5) is 5.69 Å². The SMILES string of the molecule is CCc1ccccc1NC(=O)CC1CCSCC1. The van der Waals surface area contributed by atoms with Gasteiger partial charge in [0.05, 0.1) is 0 Å². The first kappa shape index (κ1) is 13.5. The Morgan fingerprint density at radius 2 is 2.06 bits per heavy atom. The Kier molecular flexibility index (Phi) is 5.12. The number of para-hydroxylation sites is 1. The summed E-state index contributed by atoms with van der Waals surface area (Å²) >= 11 is 2.00. The molecule has 18 heavy (non-hydrogen) atoms. The predicted octanol–water partition coefficient (Wildman–Crippen LogP) is 3.72. The monoisotopic (exact) mass is 263 g/mol. The van der Waals surface area contributed by atoms with E-state index in [0.717, 1.165) is 12.1 Å². The molecule has 1 aliphatic rings. The van der Waals surface area contributed by atoms with Crippen LogP contribution in [0.25, 0.3) is 0 Å². The number of rotatable bonds is 4. The van der Waals surface area contributed by atoms with Crippen LogP contribution in [0.15, 0.2) is 24.3 Å². The van der Waals surface area contributed by atoms with Gasteiger partial charge in [0.25, 0.3) is 0 Å². The van der Waals surface area contributed by atoms with Crippen molar-refractivity contribution in [3.63, 3.8) is 0 Å². The second-order valence-electron chi connectivity index (χ2n) is 4.82. The van der Waals surface area contributed by atoms with E-state index in [0.29, 0.717) is 12.3 Å². The summed E-state index contributed by atoms with van der Waals surface area (Å²) in [6, 6.07) is 8.07. The molecule has 0 saturated carbocycles. The lowest BCUT2D eigenvalue weighted by molar-refractivity contribution is -0.117. The molecule has 1 aromatic carbocycles. The minimum Gasteiger partial charge on any atom is -0.326 e. The van der Waals surface area contributed by atoms with Gasteiger partial charge in [-0.25, -0.2) is 0 Å². The molecule has 2 rings (SSSR count). The highest BCUT2D eigenvalue weighted by atomic mass is 32.2. The number of aryl methyl sites for hydroxylation is 1. The van der Waals surface area contributed by atoms with Crippen LogP contribution in [-0.4, -0.2) is 17.4 Å². The number of anilines is 1. The van der Waals surface area contributed by atoms with Gasteiger partial charge < -0.3 is 5.32 Å². The third-order valence-electron chi connectivity index (χ3n) is 3.49. The number of amides is 1. The van der Waals surface area contributed by atoms with Crippen LogP contribution in [-0.2, 0) is 11.2 Å². The van der Waals surface area contributed by atoms with Crippen LogP contribution in [0.3, 0.4) is 0 Å². The fourth-order valence-electron chi connectivity index (χ4n) is 2.36. The van der Waals surface area contributed by atoms with E-state index in [9.17, 15) is 4.79 Å². The lowest BCUT2D eigenvalue weighted by Gasteiger charge is -2.21. The molecule has 0 spiro atoms. The summed E-state index contributed by atoms with van der Waals surface area (Å²) in [6.45, 7) is 2.11. The van der Waals surface area contributed by atoms with Crippen molar-refractivity contribution in [2.75, 3.05) is 16.8 Å². The molecule has 1 aromatic rings. The minimum atomic E-state index is 0.174. The van der Waals surface area contributed by atoms with Crippen molar-refractivity contribution in [1.29, 1.82) is 0 Å². The van der Waals surface area contributed by atoms with Crippen LogP contribution in [0.2, 0.25) is 0 Å². The highest BCUT2D eigenvalue weighted by Gasteiger charge is 2.17. The smallest absolute Gasteiger partial charge is 0.224 e. The average molecular weight is 263 g/mol. The quantitative estimate of drug-likeness (QED) is 0.897. The van der Waals surface area contributed by atoms with E-state index < -0.39 is 0 Å². The van der Waals surface area contributed by atoms with Crippen molar-refractivity contribution < 1.29 is 4.79 Å². The molecule has 0 atom stereocenters. The van der Waals surface area contributed by atoms with E-state index in [2.05, 4.69) is 18.3 Å². The first-order valence-electron chi connectivity index (χ1n) is 6.75. The van der Waals surface area contributed by atoms with E-state index in [4.69, 9.17) is 0 Å². The predicted molar refractivity (Wildman–Crippen MR) is 79.1 cm³/mol. The third kappa shape index (κ3) is 3.77. The van der Waals surface area contributed by atoms with Gasteiger partial charge in [0.15, 0.2) is 0 Å². The van der Waals surface area contributed by atoms with Crippen molar-refractivity contribution in [3.8, 4) is 0 Å². The second kappa shape index (κ2) is 6.83. The summed E-state index contributed by atoms with van der Waals surface area (Å²) < 4.78 is 0. The van der Waals surface area contributed by atoms with Gasteiger partial charge >= 0.3 is 0 Å². The molecule has 0 bridgehead atoms. The highest BCUT2D eigenvalue weighted by Crippen LogP contribution is 2.26. The Labute approximate surface area is 114 Å². The lowest BCUT2D eigenvalue weighted by Crippen LogP contribution is -2.20. The number of nitrogens with one attached hydrogen (secondary N) is 1. The van der Waals surface area contributed by atoms with Gasteiger partial charge in [-0.05, 0) is 48.3 Å². The third-order valence-corrected chi connectivity index (χ3v) is 4.54. The number of hydrogen-bond acceptors (Lipinski definition) is 2. The summed E-state index contributed by atoms with van der Waals surface area (Å²) in [5.74, 6) is 3.18. The van der Waals surface area contributed by atoms with Gasteiger partial charge in [-0.1, -0.05) is 25.1 Å². The number of benzene rings is 1. The highest BCUT2D eigenvalue weighted by molar-refractivity contribution is 7.99. The zero-order chi connectivity index (χ0) is 12.8. The summed E-state index contributed by atoms with van der Waals surface area (Å²) in [5, 5.41) is 3.06. The zero-order valence-corrected chi connectivity index (χ0v) is 11.8. The molecule has 3 heteroatoms. The molecule has 0 radical (unpaired) electrons. The first-order chi connectivity index (χ1) is 8.79. The van der Waals surface area contributed by atoms with Crippen LogP contribution < -0.4 is 5.32 Å². The zero-order valence-electron chi connectivity index (χ0n) is 10.9. The van der Waals surface area contributed by atoms with Crippen molar-refractivity contribution in [3.05, 3.63) is 29.8 Å². The fraction of sp³-hybridized carbons (Fsp3) is 0.533. The topological polar surface area (TPSA) is 29.1 Å². The molecule has 1 fully saturated rings. The molecule has 1 aliphatic heterocycles. The van der Waals surface area contributed by atoms with Crippen LogP contribution in [0, 0.1) is 5.92 Å². The van der Waals surface area contributed by atoms with Gasteiger partial charge in [0.1, 0.15) is 0 Å². The van der Waals surface area contributed by atoms with Crippen molar-refractivity contribution in [2.45, 2.75) is 32.6 Å². The lowest BCUT2D eigenvalue weighted by atomic mass is 9.98. The summed E-state index contributed by atoms with van der Waals surface area (Å²) in [4.78, 5) is 12.0. The minimum absolute atomic E-state index is 0.174. The molecule has 0 unspecified atom stereocenters. The molecule has 2 nitrogen and oxygen atoms in total. The van der Waals surface area contributed by atoms with Gasteiger partial charge in [0.2, 0.25) is 5.91 Å². The molecule has 1 saturated heterocycles. The number of carbonyl (C=O) groups is 1. The van der Waals surface area contributed by atoms with Gasteiger partial charge in [-0.2, -0.15) is 11.8 Å². The molecule has 98 valence electrons. The Hall–Kier alpha value is -0.960. The number of carbonyl (C=O) groups excluding carboxylic acids is 1. The van der Waals surface area contributed by atoms with Crippen molar-refractivity contribution in [2.24, 2.45) is 5.92 Å².